The highest BCUT2D eigenvalue weighted by atomic mass is 16.5. The maximum Gasteiger partial charge on any atom is 0.140 e. The molecule has 0 bridgehead atoms. The number of benzene rings is 9. The van der Waals surface area contributed by atoms with Crippen molar-refractivity contribution in [3.8, 4) is 33.8 Å². The highest BCUT2D eigenvalue weighted by Gasteiger charge is 2.52. The molecule has 9 aromatic carbocycles. The van der Waals surface area contributed by atoms with Gasteiger partial charge in [-0.25, -0.2) is 0 Å². The summed E-state index contributed by atoms with van der Waals surface area (Å²) in [6.07, 6.45) is 4.49. The van der Waals surface area contributed by atoms with E-state index in [1.54, 1.807) is 0 Å². The van der Waals surface area contributed by atoms with Crippen molar-refractivity contribution in [2.75, 3.05) is 4.90 Å². The Morgan fingerprint density at radius 2 is 0.985 bits per heavy atom. The van der Waals surface area contributed by atoms with Crippen molar-refractivity contribution >= 4 is 44.2 Å². The fourth-order valence-electron chi connectivity index (χ4n) is 12.4. The molecule has 0 radical (unpaired) electrons. The van der Waals surface area contributed by atoms with Crippen LogP contribution in [0.2, 0.25) is 0 Å². The van der Waals surface area contributed by atoms with Crippen molar-refractivity contribution < 1.29 is 4.74 Å². The zero-order valence-corrected chi connectivity index (χ0v) is 39.8. The average Bonchev–Trinajstić information content (AvgIpc) is 3.86. The second-order valence-electron chi connectivity index (χ2n) is 19.6. The summed E-state index contributed by atoms with van der Waals surface area (Å²) in [7, 11) is 0. The van der Waals surface area contributed by atoms with Crippen LogP contribution in [0.4, 0.5) is 17.1 Å². The van der Waals surface area contributed by atoms with Gasteiger partial charge in [0.25, 0.3) is 0 Å². The zero-order chi connectivity index (χ0) is 46.0. The first-order chi connectivity index (χ1) is 32.6. The van der Waals surface area contributed by atoms with E-state index in [1.807, 2.05) is 13.8 Å². The molecule has 0 saturated carbocycles. The summed E-state index contributed by atoms with van der Waals surface area (Å²) in [5.41, 5.74) is 20.6. The first-order valence-corrected chi connectivity index (χ1v) is 24.1. The van der Waals surface area contributed by atoms with E-state index in [4.69, 9.17) is 4.74 Å². The Morgan fingerprint density at radius 3 is 1.67 bits per heavy atom. The molecule has 0 N–H and O–H groups in total. The number of nitrogens with zero attached hydrogens (tertiary/aromatic N) is 1. The molecular formula is C65H55NO. The number of hydrogen-bond donors (Lipinski definition) is 0. The third-order valence-corrected chi connectivity index (χ3v) is 15.8. The smallest absolute Gasteiger partial charge is 0.140 e. The van der Waals surface area contributed by atoms with Crippen molar-refractivity contribution in [3.63, 3.8) is 0 Å². The Kier molecular flexibility index (Phi) is 9.06. The van der Waals surface area contributed by atoms with Crippen molar-refractivity contribution in [2.24, 2.45) is 0 Å². The van der Waals surface area contributed by atoms with E-state index in [1.165, 1.54) is 94.4 Å². The molecule has 13 rings (SSSR count). The minimum Gasteiger partial charge on any atom is -0.455 e. The second-order valence-corrected chi connectivity index (χ2v) is 19.6. The minimum atomic E-state index is -0.668. The average molecular weight is 866 g/mol. The number of anilines is 3. The fraction of sp³-hybridized carbons (Fsp3) is 0.169. The topological polar surface area (TPSA) is 12.5 Å². The van der Waals surface area contributed by atoms with Gasteiger partial charge in [-0.1, -0.05) is 205 Å². The van der Waals surface area contributed by atoms with Crippen LogP contribution in [0.5, 0.6) is 11.5 Å². The Morgan fingerprint density at radius 1 is 0.448 bits per heavy atom. The lowest BCUT2D eigenvalue weighted by molar-refractivity contribution is 0.447. The Balaban J connectivity index is 0.00000231. The monoisotopic (exact) mass is 865 g/mol. The van der Waals surface area contributed by atoms with Crippen LogP contribution in [0.1, 0.15) is 99.9 Å². The molecule has 0 aromatic heterocycles. The highest BCUT2D eigenvalue weighted by Crippen LogP contribution is 2.65. The quantitative estimate of drug-likeness (QED) is 0.175. The van der Waals surface area contributed by atoms with Crippen molar-refractivity contribution in [3.05, 3.63) is 238 Å². The summed E-state index contributed by atoms with van der Waals surface area (Å²) in [6, 6.07) is 66.2. The molecule has 67 heavy (non-hydrogen) atoms. The molecule has 2 nitrogen and oxygen atoms in total. The van der Waals surface area contributed by atoms with Crippen LogP contribution < -0.4 is 9.64 Å². The largest absolute Gasteiger partial charge is 0.455 e. The zero-order valence-electron chi connectivity index (χ0n) is 39.8. The highest BCUT2D eigenvalue weighted by molar-refractivity contribution is 6.02. The maximum atomic E-state index is 7.32. The standard InChI is InChI=1S/C63H49NO.C2H6/c1-7-17-43-38(2)61(3,4)51-35-31-41(36-49(43)51)64(57-27-16-26-53-58(57)48-23-13-14-24-50(48)62(53,5)6)42-30-32-47-46-22-12-15-25-52(46)63(56(47)37-42)54-33-28-39-18-8-10-20-44(39)59(54)65-60-45-21-11-9-19-40(45)29-34-55(60)63;1-2/h7-37H,1-6H3;1-2H3/b17-7-;. The normalized spacial score (nSPS) is 15.8. The molecule has 326 valence electrons. The molecular weight excluding hydrogens is 811 g/mol. The van der Waals surface area contributed by atoms with Crippen molar-refractivity contribution in [1.82, 2.24) is 0 Å². The summed E-state index contributed by atoms with van der Waals surface area (Å²) >= 11 is 0. The predicted octanol–water partition coefficient (Wildman–Crippen LogP) is 17.9. The van der Waals surface area contributed by atoms with Gasteiger partial charge in [-0.05, 0) is 111 Å². The van der Waals surface area contributed by atoms with Gasteiger partial charge in [-0.15, -0.1) is 0 Å². The van der Waals surface area contributed by atoms with Gasteiger partial charge in [-0.2, -0.15) is 0 Å². The molecule has 0 unspecified atom stereocenters. The Labute approximate surface area is 395 Å². The van der Waals surface area contributed by atoms with E-state index in [-0.39, 0.29) is 10.8 Å². The predicted molar refractivity (Wildman–Crippen MR) is 283 cm³/mol. The van der Waals surface area contributed by atoms with E-state index in [9.17, 15) is 0 Å². The van der Waals surface area contributed by atoms with E-state index >= 15 is 0 Å². The number of ether oxygens (including phenoxy) is 1. The van der Waals surface area contributed by atoms with Gasteiger partial charge in [0, 0.05) is 49.7 Å². The molecule has 1 aliphatic heterocycles. The van der Waals surface area contributed by atoms with Gasteiger partial charge in [0.15, 0.2) is 0 Å². The van der Waals surface area contributed by atoms with E-state index in [2.05, 4.69) is 235 Å². The van der Waals surface area contributed by atoms with Gasteiger partial charge in [0.2, 0.25) is 0 Å². The summed E-state index contributed by atoms with van der Waals surface area (Å²) in [6.45, 7) is 17.9. The second kappa shape index (κ2) is 14.8. The van der Waals surface area contributed by atoms with Gasteiger partial charge in [0.1, 0.15) is 11.5 Å². The van der Waals surface area contributed by atoms with Crippen LogP contribution >= 0.6 is 0 Å². The molecule has 0 fully saturated rings. The summed E-state index contributed by atoms with van der Waals surface area (Å²) in [5, 5.41) is 4.57. The summed E-state index contributed by atoms with van der Waals surface area (Å²) in [4.78, 5) is 2.56. The molecule has 0 saturated heterocycles. The van der Waals surface area contributed by atoms with E-state index in [0.717, 1.165) is 33.6 Å². The molecule has 0 amide bonds. The Bertz CT molecular complexity index is 3530. The third kappa shape index (κ3) is 5.45. The van der Waals surface area contributed by atoms with Gasteiger partial charge in [0.05, 0.1) is 11.1 Å². The number of fused-ring (bicyclic) bond motifs is 17. The maximum absolute atomic E-state index is 7.32. The van der Waals surface area contributed by atoms with E-state index in [0.29, 0.717) is 0 Å². The SMILES string of the molecule is C/C=C\C1=C(C)C(C)(C)c2ccc(N(c3ccc4c(c3)C3(c5ccccc5-4)c4ccc5ccccc5c4Oc4c3ccc3ccccc43)c3cccc4c3-c3ccccc3C4(C)C)cc21.CC. The van der Waals surface area contributed by atoms with Crippen molar-refractivity contribution in [2.45, 2.75) is 71.6 Å². The molecule has 3 aliphatic carbocycles. The lowest BCUT2D eigenvalue weighted by Crippen LogP contribution is -2.32. The molecule has 1 spiro atoms. The third-order valence-electron chi connectivity index (χ3n) is 15.8. The number of allylic oxidation sites excluding steroid dienone is 4. The van der Waals surface area contributed by atoms with Crippen LogP contribution in [0.25, 0.3) is 49.4 Å². The first-order valence-electron chi connectivity index (χ1n) is 24.1. The van der Waals surface area contributed by atoms with Gasteiger partial charge < -0.3 is 9.64 Å². The number of hydrogen-bond acceptors (Lipinski definition) is 2. The lowest BCUT2D eigenvalue weighted by Gasteiger charge is -2.40. The van der Waals surface area contributed by atoms with Crippen LogP contribution in [-0.4, -0.2) is 0 Å². The number of rotatable bonds is 4. The van der Waals surface area contributed by atoms with Crippen LogP contribution in [-0.2, 0) is 16.2 Å². The van der Waals surface area contributed by atoms with Crippen LogP contribution in [0.3, 0.4) is 0 Å². The molecule has 4 aliphatic rings. The van der Waals surface area contributed by atoms with Gasteiger partial charge in [-0.3, -0.25) is 0 Å². The molecule has 2 heteroatoms. The Hall–Kier alpha value is -7.42. The summed E-state index contributed by atoms with van der Waals surface area (Å²) < 4.78 is 7.32. The first kappa shape index (κ1) is 41.0. The van der Waals surface area contributed by atoms with Crippen LogP contribution in [0, 0.1) is 0 Å². The fourth-order valence-corrected chi connectivity index (χ4v) is 12.4. The summed E-state index contributed by atoms with van der Waals surface area (Å²) in [5.74, 6) is 1.85. The van der Waals surface area contributed by atoms with Crippen LogP contribution in [0.15, 0.2) is 194 Å². The molecule has 9 aromatic rings. The molecule has 1 heterocycles. The minimum absolute atomic E-state index is 0.0750. The molecule has 0 atom stereocenters. The van der Waals surface area contributed by atoms with Gasteiger partial charge >= 0.3 is 0 Å². The van der Waals surface area contributed by atoms with Crippen molar-refractivity contribution in [1.29, 1.82) is 0 Å². The lowest BCUT2D eigenvalue weighted by atomic mass is 9.65. The van der Waals surface area contributed by atoms with E-state index < -0.39 is 5.41 Å².